The Bertz CT molecular complexity index is 674. The van der Waals surface area contributed by atoms with Crippen LogP contribution in [0.2, 0.25) is 0 Å². The van der Waals surface area contributed by atoms with E-state index in [1.165, 1.54) is 19.2 Å². The second-order valence-corrected chi connectivity index (χ2v) is 5.36. The largest absolute Gasteiger partial charge is 0.341 e. The van der Waals surface area contributed by atoms with Gasteiger partial charge in [0, 0.05) is 19.0 Å². The summed E-state index contributed by atoms with van der Waals surface area (Å²) >= 11 is 0. The summed E-state index contributed by atoms with van der Waals surface area (Å²) in [5.74, 6) is -0.644. The van der Waals surface area contributed by atoms with E-state index in [1.54, 1.807) is 12.1 Å². The maximum atomic E-state index is 12.9. The third-order valence-electron chi connectivity index (χ3n) is 3.65. The molecule has 0 aliphatic carbocycles. The summed E-state index contributed by atoms with van der Waals surface area (Å²) in [5.41, 5.74) is 1.81. The molecule has 0 aliphatic rings. The molecule has 2 rings (SSSR count). The number of urea groups is 1. The average Bonchev–Trinajstić information content (AvgIpc) is 2.60. The lowest BCUT2D eigenvalue weighted by molar-refractivity contribution is -0.682. The molecule has 126 valence electrons. The molecule has 0 unspecified atom stereocenters. The Kier molecular flexibility index (Phi) is 6.45. The van der Waals surface area contributed by atoms with Crippen LogP contribution < -0.4 is 16.0 Å². The number of amides is 3. The van der Waals surface area contributed by atoms with Crippen molar-refractivity contribution in [3.05, 3.63) is 71.5 Å². The van der Waals surface area contributed by atoms with E-state index >= 15 is 0 Å². The molecule has 0 aromatic heterocycles. The van der Waals surface area contributed by atoms with E-state index in [9.17, 15) is 14.0 Å². The standard InChI is InChI=1S/C18H20FN3O2/c1-20-18(24)22-17(23)16(14-5-3-2-4-6-14)21-12-11-13-7-9-15(19)10-8-13/h2-10,16,21H,11-12H2,1H3,(H2,20,22,23,24)/p+1/t16-/m1/s1. The molecule has 0 saturated carbocycles. The molecule has 0 radical (unpaired) electrons. The summed E-state index contributed by atoms with van der Waals surface area (Å²) < 4.78 is 12.9. The Labute approximate surface area is 140 Å². The predicted octanol–water partition coefficient (Wildman–Crippen LogP) is 1.13. The van der Waals surface area contributed by atoms with E-state index in [0.717, 1.165) is 11.1 Å². The Morgan fingerprint density at radius 3 is 2.38 bits per heavy atom. The molecular formula is C18H21FN3O2+. The normalized spacial score (nSPS) is 11.6. The summed E-state index contributed by atoms with van der Waals surface area (Å²) in [7, 11) is 1.46. The summed E-state index contributed by atoms with van der Waals surface area (Å²) in [5, 5.41) is 6.56. The first-order valence-corrected chi connectivity index (χ1v) is 7.75. The van der Waals surface area contributed by atoms with Crippen molar-refractivity contribution in [2.75, 3.05) is 13.6 Å². The molecule has 6 heteroatoms. The molecule has 5 nitrogen and oxygen atoms in total. The summed E-state index contributed by atoms with van der Waals surface area (Å²) in [6.45, 7) is 0.631. The summed E-state index contributed by atoms with van der Waals surface area (Å²) in [4.78, 5) is 23.7. The first kappa shape index (κ1) is 17.6. The zero-order valence-corrected chi connectivity index (χ0v) is 13.5. The number of halogens is 1. The van der Waals surface area contributed by atoms with Gasteiger partial charge in [0.2, 0.25) is 0 Å². The van der Waals surface area contributed by atoms with Gasteiger partial charge in [0.1, 0.15) is 5.82 Å². The third kappa shape index (κ3) is 5.17. The van der Waals surface area contributed by atoms with Gasteiger partial charge in [-0.15, -0.1) is 0 Å². The van der Waals surface area contributed by atoms with E-state index in [0.29, 0.717) is 13.0 Å². The third-order valence-corrected chi connectivity index (χ3v) is 3.65. The predicted molar refractivity (Wildman–Crippen MR) is 88.7 cm³/mol. The molecule has 3 amide bonds. The van der Waals surface area contributed by atoms with Crippen molar-refractivity contribution in [3.63, 3.8) is 0 Å². The first-order chi connectivity index (χ1) is 11.6. The zero-order chi connectivity index (χ0) is 17.4. The van der Waals surface area contributed by atoms with Gasteiger partial charge in [-0.2, -0.15) is 0 Å². The number of carbonyl (C=O) groups excluding carboxylic acids is 2. The highest BCUT2D eigenvalue weighted by Crippen LogP contribution is 2.08. The second kappa shape index (κ2) is 8.79. The Morgan fingerprint density at radius 2 is 1.75 bits per heavy atom. The average molecular weight is 330 g/mol. The quantitative estimate of drug-likeness (QED) is 0.743. The van der Waals surface area contributed by atoms with E-state index in [2.05, 4.69) is 10.6 Å². The van der Waals surface area contributed by atoms with Crippen LogP contribution in [0.25, 0.3) is 0 Å². The first-order valence-electron chi connectivity index (χ1n) is 7.75. The fourth-order valence-electron chi connectivity index (χ4n) is 2.37. The topological polar surface area (TPSA) is 74.8 Å². The number of rotatable bonds is 6. The van der Waals surface area contributed by atoms with Gasteiger partial charge in [-0.3, -0.25) is 10.1 Å². The highest BCUT2D eigenvalue weighted by molar-refractivity contribution is 5.96. The maximum absolute atomic E-state index is 12.9. The van der Waals surface area contributed by atoms with Crippen molar-refractivity contribution in [3.8, 4) is 0 Å². The molecule has 0 saturated heterocycles. The second-order valence-electron chi connectivity index (χ2n) is 5.36. The summed E-state index contributed by atoms with van der Waals surface area (Å²) in [6.07, 6.45) is 0.691. The van der Waals surface area contributed by atoms with Crippen molar-refractivity contribution >= 4 is 11.9 Å². The Balaban J connectivity index is 2.01. The molecule has 1 atom stereocenters. The zero-order valence-electron chi connectivity index (χ0n) is 13.5. The number of hydrogen-bond donors (Lipinski definition) is 3. The number of carbonyl (C=O) groups is 2. The van der Waals surface area contributed by atoms with Crippen molar-refractivity contribution in [2.45, 2.75) is 12.5 Å². The molecule has 0 spiro atoms. The SMILES string of the molecule is CNC(=O)NC(=O)[C@H]([NH2+]CCc1ccc(F)cc1)c1ccccc1. The monoisotopic (exact) mass is 330 g/mol. The van der Waals surface area contributed by atoms with Gasteiger partial charge in [0.25, 0.3) is 5.91 Å². The van der Waals surface area contributed by atoms with Crippen molar-refractivity contribution in [2.24, 2.45) is 0 Å². The number of quaternary nitrogens is 1. The van der Waals surface area contributed by atoms with Crippen LogP contribution in [-0.2, 0) is 11.2 Å². The Morgan fingerprint density at radius 1 is 1.08 bits per heavy atom. The lowest BCUT2D eigenvalue weighted by atomic mass is 10.1. The van der Waals surface area contributed by atoms with Crippen LogP contribution in [0.1, 0.15) is 17.2 Å². The summed E-state index contributed by atoms with van der Waals surface area (Å²) in [6, 6.07) is 14.5. The molecule has 2 aromatic rings. The van der Waals surface area contributed by atoms with Gasteiger partial charge in [-0.05, 0) is 17.7 Å². The number of hydrogen-bond acceptors (Lipinski definition) is 2. The fourth-order valence-corrected chi connectivity index (χ4v) is 2.37. The number of benzene rings is 2. The molecule has 0 aliphatic heterocycles. The van der Waals surface area contributed by atoms with Gasteiger partial charge in [-0.1, -0.05) is 42.5 Å². The molecule has 0 heterocycles. The molecule has 24 heavy (non-hydrogen) atoms. The van der Waals surface area contributed by atoms with E-state index in [-0.39, 0.29) is 11.7 Å². The molecule has 4 N–H and O–H groups in total. The smallest absolute Gasteiger partial charge is 0.321 e. The van der Waals surface area contributed by atoms with Crippen LogP contribution in [0.3, 0.4) is 0 Å². The van der Waals surface area contributed by atoms with Crippen molar-refractivity contribution in [1.29, 1.82) is 0 Å². The molecule has 0 bridgehead atoms. The van der Waals surface area contributed by atoms with Gasteiger partial charge in [0.05, 0.1) is 6.54 Å². The Hall–Kier alpha value is -2.73. The van der Waals surface area contributed by atoms with E-state index in [4.69, 9.17) is 0 Å². The highest BCUT2D eigenvalue weighted by Gasteiger charge is 2.25. The minimum atomic E-state index is -0.534. The van der Waals surface area contributed by atoms with Crippen LogP contribution in [0.4, 0.5) is 9.18 Å². The van der Waals surface area contributed by atoms with E-state index in [1.807, 2.05) is 35.6 Å². The van der Waals surface area contributed by atoms with Gasteiger partial charge in [0.15, 0.2) is 6.04 Å². The number of imide groups is 1. The minimum Gasteiger partial charge on any atom is -0.341 e. The lowest BCUT2D eigenvalue weighted by Crippen LogP contribution is -2.88. The minimum absolute atomic E-state index is 0.269. The number of nitrogens with one attached hydrogen (secondary N) is 2. The maximum Gasteiger partial charge on any atom is 0.321 e. The van der Waals surface area contributed by atoms with Crippen molar-refractivity contribution < 1.29 is 19.3 Å². The fraction of sp³-hybridized carbons (Fsp3) is 0.222. The van der Waals surface area contributed by atoms with Crippen LogP contribution in [0.15, 0.2) is 54.6 Å². The number of nitrogens with two attached hydrogens (primary N) is 1. The van der Waals surface area contributed by atoms with Gasteiger partial charge < -0.3 is 10.6 Å². The van der Waals surface area contributed by atoms with Crippen LogP contribution in [0.5, 0.6) is 0 Å². The van der Waals surface area contributed by atoms with Crippen LogP contribution in [-0.4, -0.2) is 25.5 Å². The van der Waals surface area contributed by atoms with Gasteiger partial charge in [-0.25, -0.2) is 9.18 Å². The van der Waals surface area contributed by atoms with Crippen molar-refractivity contribution in [1.82, 2.24) is 10.6 Å². The van der Waals surface area contributed by atoms with E-state index < -0.39 is 12.1 Å². The van der Waals surface area contributed by atoms with Gasteiger partial charge >= 0.3 is 6.03 Å². The molecule has 0 fully saturated rings. The van der Waals surface area contributed by atoms with Crippen LogP contribution >= 0.6 is 0 Å². The highest BCUT2D eigenvalue weighted by atomic mass is 19.1. The molecule has 2 aromatic carbocycles. The van der Waals surface area contributed by atoms with Crippen LogP contribution in [0, 0.1) is 5.82 Å². The lowest BCUT2D eigenvalue weighted by Gasteiger charge is -2.15. The molecular weight excluding hydrogens is 309 g/mol.